The second-order valence-electron chi connectivity index (χ2n) is 5.59. The molecule has 9 heteroatoms. The molecule has 0 atom stereocenters. The van der Waals surface area contributed by atoms with Crippen LogP contribution in [0.5, 0.6) is 0 Å². The van der Waals surface area contributed by atoms with Crippen LogP contribution in [0.1, 0.15) is 29.1 Å². The largest absolute Gasteiger partial charge is 0.452 e. The number of carbonyl (C=O) groups is 4. The number of benzene rings is 1. The van der Waals surface area contributed by atoms with Gasteiger partial charge in [0.1, 0.15) is 0 Å². The smallest absolute Gasteiger partial charge is 0.338 e. The van der Waals surface area contributed by atoms with Gasteiger partial charge in [-0.2, -0.15) is 0 Å². The van der Waals surface area contributed by atoms with Gasteiger partial charge in [0.25, 0.3) is 5.91 Å². The maximum absolute atomic E-state index is 12.2. The second kappa shape index (κ2) is 9.48. The van der Waals surface area contributed by atoms with E-state index in [2.05, 4.69) is 16.0 Å². The van der Waals surface area contributed by atoms with Crippen LogP contribution >= 0.6 is 11.3 Å². The molecule has 142 valence electrons. The van der Waals surface area contributed by atoms with Crippen molar-refractivity contribution in [2.75, 3.05) is 17.2 Å². The van der Waals surface area contributed by atoms with Crippen LogP contribution in [-0.4, -0.2) is 30.3 Å². The summed E-state index contributed by atoms with van der Waals surface area (Å²) in [5.74, 6) is -1.85. The van der Waals surface area contributed by atoms with Gasteiger partial charge in [0.15, 0.2) is 6.61 Å². The molecule has 3 amide bonds. The van der Waals surface area contributed by atoms with Crippen molar-refractivity contribution >= 4 is 46.4 Å². The maximum atomic E-state index is 12.2. The van der Waals surface area contributed by atoms with E-state index >= 15 is 0 Å². The first-order chi connectivity index (χ1) is 12.8. The summed E-state index contributed by atoms with van der Waals surface area (Å²) in [6.07, 6.45) is 0. The molecule has 1 aromatic heterocycles. The van der Waals surface area contributed by atoms with Gasteiger partial charge in [-0.05, 0) is 29.6 Å². The molecule has 0 radical (unpaired) electrons. The molecule has 2 aromatic rings. The molecular formula is C18H19N3O5S. The van der Waals surface area contributed by atoms with Gasteiger partial charge in [-0.15, -0.1) is 11.3 Å². The SMILES string of the molecule is CC(=O)Nc1cc(NC(C)=O)cc(C(=O)OCC(=O)NCc2cccs2)c1. The Hall–Kier alpha value is -3.20. The summed E-state index contributed by atoms with van der Waals surface area (Å²) in [6.45, 7) is 2.56. The van der Waals surface area contributed by atoms with Crippen LogP contribution < -0.4 is 16.0 Å². The van der Waals surface area contributed by atoms with Crippen LogP contribution in [0, 0.1) is 0 Å². The fourth-order valence-corrected chi connectivity index (χ4v) is 2.81. The molecular weight excluding hydrogens is 370 g/mol. The molecule has 1 aromatic carbocycles. The number of anilines is 2. The predicted octanol–water partition coefficient (Wildman–Crippen LogP) is 2.14. The minimum atomic E-state index is -0.750. The van der Waals surface area contributed by atoms with Crippen LogP contribution in [0.25, 0.3) is 0 Å². The number of ether oxygens (including phenoxy) is 1. The van der Waals surface area contributed by atoms with E-state index in [0.29, 0.717) is 17.9 Å². The lowest BCUT2D eigenvalue weighted by Gasteiger charge is -2.11. The third kappa shape index (κ3) is 6.90. The predicted molar refractivity (Wildman–Crippen MR) is 101 cm³/mol. The minimum absolute atomic E-state index is 0.0936. The highest BCUT2D eigenvalue weighted by molar-refractivity contribution is 7.09. The lowest BCUT2D eigenvalue weighted by atomic mass is 10.1. The Labute approximate surface area is 159 Å². The molecule has 0 aliphatic carbocycles. The van der Waals surface area contributed by atoms with Crippen molar-refractivity contribution in [1.29, 1.82) is 0 Å². The third-order valence-corrected chi connectivity index (χ3v) is 4.06. The Bertz CT molecular complexity index is 814. The molecule has 1 heterocycles. The van der Waals surface area contributed by atoms with Crippen LogP contribution in [0.4, 0.5) is 11.4 Å². The Balaban J connectivity index is 1.99. The van der Waals surface area contributed by atoms with E-state index in [1.54, 1.807) is 0 Å². The number of rotatable bonds is 7. The molecule has 0 spiro atoms. The summed E-state index contributed by atoms with van der Waals surface area (Å²) in [5, 5.41) is 9.62. The van der Waals surface area contributed by atoms with Crippen LogP contribution in [0.15, 0.2) is 35.7 Å². The van der Waals surface area contributed by atoms with Crippen molar-refractivity contribution in [2.45, 2.75) is 20.4 Å². The van der Waals surface area contributed by atoms with Crippen molar-refractivity contribution in [3.63, 3.8) is 0 Å². The first kappa shape index (κ1) is 20.1. The number of hydrogen-bond donors (Lipinski definition) is 3. The van der Waals surface area contributed by atoms with Crippen molar-refractivity contribution in [3.8, 4) is 0 Å². The molecule has 0 unspecified atom stereocenters. The van der Waals surface area contributed by atoms with Crippen LogP contribution in [0.2, 0.25) is 0 Å². The van der Waals surface area contributed by atoms with Crippen molar-refractivity contribution in [2.24, 2.45) is 0 Å². The first-order valence-corrected chi connectivity index (χ1v) is 8.88. The summed E-state index contributed by atoms with van der Waals surface area (Å²) in [5.41, 5.74) is 0.738. The van der Waals surface area contributed by atoms with Crippen LogP contribution in [0.3, 0.4) is 0 Å². The van der Waals surface area contributed by atoms with E-state index in [1.165, 1.54) is 43.4 Å². The molecule has 0 fully saturated rings. The number of amides is 3. The summed E-state index contributed by atoms with van der Waals surface area (Å²) < 4.78 is 5.01. The fourth-order valence-electron chi connectivity index (χ4n) is 2.16. The summed E-state index contributed by atoms with van der Waals surface area (Å²) in [6, 6.07) is 8.07. The van der Waals surface area contributed by atoms with E-state index in [9.17, 15) is 19.2 Å². The molecule has 0 aliphatic heterocycles. The Kier molecular flexibility index (Phi) is 7.07. The van der Waals surface area contributed by atoms with Crippen molar-refractivity contribution < 1.29 is 23.9 Å². The summed E-state index contributed by atoms with van der Waals surface area (Å²) in [4.78, 5) is 47.5. The first-order valence-electron chi connectivity index (χ1n) is 8.00. The van der Waals surface area contributed by atoms with E-state index in [-0.39, 0.29) is 17.4 Å². The topological polar surface area (TPSA) is 114 Å². The van der Waals surface area contributed by atoms with E-state index in [1.807, 2.05) is 17.5 Å². The standard InChI is InChI=1S/C18H19N3O5S/c1-11(22)20-14-6-13(7-15(8-14)21-12(2)23)18(25)26-10-17(24)19-9-16-4-3-5-27-16/h3-8H,9-10H2,1-2H3,(H,19,24)(H,20,22)(H,21,23). The van der Waals surface area contributed by atoms with Crippen molar-refractivity contribution in [3.05, 3.63) is 46.2 Å². The number of thiophene rings is 1. The van der Waals surface area contributed by atoms with Gasteiger partial charge in [0.05, 0.1) is 12.1 Å². The van der Waals surface area contributed by atoms with Gasteiger partial charge in [-0.1, -0.05) is 6.07 Å². The number of hydrogen-bond acceptors (Lipinski definition) is 6. The molecule has 2 rings (SSSR count). The Morgan fingerprint density at radius 1 is 1.00 bits per heavy atom. The highest BCUT2D eigenvalue weighted by Crippen LogP contribution is 2.20. The number of nitrogens with one attached hydrogen (secondary N) is 3. The molecule has 0 bridgehead atoms. The number of carbonyl (C=O) groups excluding carboxylic acids is 4. The zero-order chi connectivity index (χ0) is 19.8. The van der Waals surface area contributed by atoms with Gasteiger partial charge in [0, 0.05) is 30.1 Å². The quantitative estimate of drug-likeness (QED) is 0.628. The average Bonchev–Trinajstić information content (AvgIpc) is 3.09. The number of esters is 1. The lowest BCUT2D eigenvalue weighted by molar-refractivity contribution is -0.124. The van der Waals surface area contributed by atoms with Gasteiger partial charge >= 0.3 is 5.97 Å². The normalized spacial score (nSPS) is 10.0. The van der Waals surface area contributed by atoms with E-state index in [4.69, 9.17) is 4.74 Å². The Morgan fingerprint density at radius 2 is 1.63 bits per heavy atom. The molecule has 27 heavy (non-hydrogen) atoms. The molecule has 0 saturated heterocycles. The monoisotopic (exact) mass is 389 g/mol. The lowest BCUT2D eigenvalue weighted by Crippen LogP contribution is -2.28. The van der Waals surface area contributed by atoms with Crippen molar-refractivity contribution in [1.82, 2.24) is 5.32 Å². The zero-order valence-electron chi connectivity index (χ0n) is 14.8. The molecule has 0 saturated carbocycles. The van der Waals surface area contributed by atoms with Gasteiger partial charge in [-0.25, -0.2) is 4.79 Å². The summed E-state index contributed by atoms with van der Waals surface area (Å²) >= 11 is 1.51. The molecule has 8 nitrogen and oxygen atoms in total. The fraction of sp³-hybridized carbons (Fsp3) is 0.222. The van der Waals surface area contributed by atoms with Gasteiger partial charge in [0.2, 0.25) is 11.8 Å². The minimum Gasteiger partial charge on any atom is -0.452 e. The zero-order valence-corrected chi connectivity index (χ0v) is 15.6. The average molecular weight is 389 g/mol. The van der Waals surface area contributed by atoms with E-state index < -0.39 is 18.5 Å². The molecule has 3 N–H and O–H groups in total. The third-order valence-electron chi connectivity index (χ3n) is 3.18. The maximum Gasteiger partial charge on any atom is 0.338 e. The van der Waals surface area contributed by atoms with E-state index in [0.717, 1.165) is 4.88 Å². The molecule has 0 aliphatic rings. The van der Waals surface area contributed by atoms with Gasteiger partial charge in [-0.3, -0.25) is 14.4 Å². The summed E-state index contributed by atoms with van der Waals surface area (Å²) in [7, 11) is 0. The highest BCUT2D eigenvalue weighted by Gasteiger charge is 2.13. The second-order valence-corrected chi connectivity index (χ2v) is 6.63. The Morgan fingerprint density at radius 3 is 2.15 bits per heavy atom. The highest BCUT2D eigenvalue weighted by atomic mass is 32.1. The van der Waals surface area contributed by atoms with Gasteiger partial charge < -0.3 is 20.7 Å². The van der Waals surface area contributed by atoms with Crippen LogP contribution in [-0.2, 0) is 25.7 Å².